The first-order chi connectivity index (χ1) is 16.5. The Labute approximate surface area is 196 Å². The standard InChI is InChI=1S/C24H24N4O6/c1-29-15-7-6-12(8-16(15)30-2)19-14(11-25)23(26)34-24-20(19)21(27-28-24)13-9-17(31-3)22(33-5)18(10-13)32-4/h6-10,19H,26H2,1-5H3,(H,27,28)/t19-/m1/s1. The van der Waals surface area contributed by atoms with E-state index in [1.807, 2.05) is 6.07 Å². The Balaban J connectivity index is 1.96. The highest BCUT2D eigenvalue weighted by molar-refractivity contribution is 5.75. The Bertz CT molecular complexity index is 1280. The number of aromatic nitrogens is 2. The first kappa shape index (κ1) is 22.7. The second kappa shape index (κ2) is 9.15. The number of hydrogen-bond acceptors (Lipinski definition) is 9. The summed E-state index contributed by atoms with van der Waals surface area (Å²) >= 11 is 0. The fourth-order valence-corrected chi connectivity index (χ4v) is 4.06. The number of rotatable bonds is 7. The molecule has 0 radical (unpaired) electrons. The molecule has 0 aliphatic carbocycles. The molecule has 3 aromatic rings. The fraction of sp³-hybridized carbons (Fsp3) is 0.250. The summed E-state index contributed by atoms with van der Waals surface area (Å²) < 4.78 is 33.0. The van der Waals surface area contributed by atoms with Crippen molar-refractivity contribution < 1.29 is 28.4 Å². The number of nitrogens with one attached hydrogen (secondary N) is 1. The Morgan fingerprint density at radius 2 is 1.56 bits per heavy atom. The van der Waals surface area contributed by atoms with Crippen molar-refractivity contribution in [3.8, 4) is 52.0 Å². The molecule has 0 fully saturated rings. The highest BCUT2D eigenvalue weighted by Crippen LogP contribution is 2.49. The third-order valence-electron chi connectivity index (χ3n) is 5.63. The Morgan fingerprint density at radius 1 is 0.912 bits per heavy atom. The molecule has 2 heterocycles. The number of ether oxygens (including phenoxy) is 6. The van der Waals surface area contributed by atoms with E-state index in [0.29, 0.717) is 45.6 Å². The summed E-state index contributed by atoms with van der Waals surface area (Å²) in [5.41, 5.74) is 9.02. The van der Waals surface area contributed by atoms with E-state index in [0.717, 1.165) is 5.56 Å². The lowest BCUT2D eigenvalue weighted by atomic mass is 9.83. The molecular formula is C24H24N4O6. The first-order valence-corrected chi connectivity index (χ1v) is 10.2. The minimum atomic E-state index is -0.582. The van der Waals surface area contributed by atoms with Gasteiger partial charge in [-0.05, 0) is 29.8 Å². The zero-order valence-electron chi connectivity index (χ0n) is 19.4. The van der Waals surface area contributed by atoms with Gasteiger partial charge in [0.15, 0.2) is 23.0 Å². The predicted octanol–water partition coefficient (Wildman–Crippen LogP) is 3.34. The van der Waals surface area contributed by atoms with Gasteiger partial charge < -0.3 is 34.2 Å². The second-order valence-electron chi connectivity index (χ2n) is 7.27. The molecule has 1 atom stereocenters. The van der Waals surface area contributed by atoms with Crippen LogP contribution in [0.1, 0.15) is 17.0 Å². The van der Waals surface area contributed by atoms with Crippen molar-refractivity contribution in [3.05, 3.63) is 52.9 Å². The number of allylic oxidation sites excluding steroid dienone is 1. The van der Waals surface area contributed by atoms with Gasteiger partial charge in [-0.15, -0.1) is 5.10 Å². The smallest absolute Gasteiger partial charge is 0.244 e. The number of nitrogens with two attached hydrogens (primary N) is 1. The minimum Gasteiger partial charge on any atom is -0.493 e. The van der Waals surface area contributed by atoms with E-state index in [2.05, 4.69) is 16.3 Å². The molecule has 1 aliphatic heterocycles. The maximum atomic E-state index is 9.97. The van der Waals surface area contributed by atoms with Crippen LogP contribution in [0.3, 0.4) is 0 Å². The lowest BCUT2D eigenvalue weighted by Gasteiger charge is -2.25. The number of benzene rings is 2. The molecule has 3 N–H and O–H groups in total. The average molecular weight is 464 g/mol. The number of aromatic amines is 1. The van der Waals surface area contributed by atoms with E-state index in [1.165, 1.54) is 21.3 Å². The largest absolute Gasteiger partial charge is 0.493 e. The van der Waals surface area contributed by atoms with Gasteiger partial charge in [0.2, 0.25) is 17.5 Å². The number of H-pyrrole nitrogens is 1. The Kier molecular flexibility index (Phi) is 6.10. The number of nitrogens with zero attached hydrogens (tertiary/aromatic N) is 2. The lowest BCUT2D eigenvalue weighted by molar-refractivity contribution is 0.324. The summed E-state index contributed by atoms with van der Waals surface area (Å²) in [6.45, 7) is 0. The lowest BCUT2D eigenvalue weighted by Crippen LogP contribution is -2.21. The van der Waals surface area contributed by atoms with Crippen LogP contribution in [0.2, 0.25) is 0 Å². The normalized spacial score (nSPS) is 14.5. The molecule has 4 rings (SSSR count). The van der Waals surface area contributed by atoms with Crippen molar-refractivity contribution >= 4 is 0 Å². The molecule has 10 nitrogen and oxygen atoms in total. The molecule has 0 amide bonds. The molecular weight excluding hydrogens is 440 g/mol. The topological polar surface area (TPSA) is 134 Å². The summed E-state index contributed by atoms with van der Waals surface area (Å²) in [7, 11) is 7.71. The van der Waals surface area contributed by atoms with Gasteiger partial charge in [-0.3, -0.25) is 5.10 Å². The average Bonchev–Trinajstić information content (AvgIpc) is 3.29. The van der Waals surface area contributed by atoms with Crippen molar-refractivity contribution in [2.75, 3.05) is 35.5 Å². The molecule has 1 aliphatic rings. The van der Waals surface area contributed by atoms with Crippen LogP contribution in [0.4, 0.5) is 0 Å². The van der Waals surface area contributed by atoms with Gasteiger partial charge in [0.05, 0.1) is 52.7 Å². The van der Waals surface area contributed by atoms with Crippen molar-refractivity contribution in [2.24, 2.45) is 5.73 Å². The summed E-state index contributed by atoms with van der Waals surface area (Å²) in [5, 5.41) is 17.3. The highest BCUT2D eigenvalue weighted by atomic mass is 16.5. The van der Waals surface area contributed by atoms with Gasteiger partial charge in [0.25, 0.3) is 0 Å². The molecule has 0 unspecified atom stereocenters. The summed E-state index contributed by atoms with van der Waals surface area (Å²) in [6, 6.07) is 11.2. The van der Waals surface area contributed by atoms with Gasteiger partial charge in [0.1, 0.15) is 11.6 Å². The fourth-order valence-electron chi connectivity index (χ4n) is 4.06. The molecule has 10 heteroatoms. The van der Waals surface area contributed by atoms with E-state index in [4.69, 9.17) is 34.2 Å². The van der Waals surface area contributed by atoms with E-state index in [1.54, 1.807) is 38.5 Å². The number of nitriles is 1. The third kappa shape index (κ3) is 3.57. The number of fused-ring (bicyclic) bond motifs is 1. The molecule has 0 bridgehead atoms. The van der Waals surface area contributed by atoms with Gasteiger partial charge in [-0.2, -0.15) is 5.26 Å². The predicted molar refractivity (Wildman–Crippen MR) is 123 cm³/mol. The monoisotopic (exact) mass is 464 g/mol. The minimum absolute atomic E-state index is 0.0160. The van der Waals surface area contributed by atoms with Crippen LogP contribution >= 0.6 is 0 Å². The molecule has 1 aromatic heterocycles. The third-order valence-corrected chi connectivity index (χ3v) is 5.63. The zero-order valence-corrected chi connectivity index (χ0v) is 19.4. The van der Waals surface area contributed by atoms with E-state index in [9.17, 15) is 5.26 Å². The van der Waals surface area contributed by atoms with Crippen LogP contribution in [0, 0.1) is 11.3 Å². The zero-order chi connectivity index (χ0) is 24.4. The van der Waals surface area contributed by atoms with Gasteiger partial charge in [-0.1, -0.05) is 6.07 Å². The van der Waals surface area contributed by atoms with Crippen LogP contribution in [-0.4, -0.2) is 45.7 Å². The van der Waals surface area contributed by atoms with Gasteiger partial charge in [-0.25, -0.2) is 0 Å². The highest BCUT2D eigenvalue weighted by Gasteiger charge is 2.36. The van der Waals surface area contributed by atoms with Crippen molar-refractivity contribution in [2.45, 2.75) is 5.92 Å². The second-order valence-corrected chi connectivity index (χ2v) is 7.27. The summed E-state index contributed by atoms with van der Waals surface area (Å²) in [6.07, 6.45) is 0. The van der Waals surface area contributed by atoms with Crippen LogP contribution in [-0.2, 0) is 0 Å². The number of methoxy groups -OCH3 is 5. The van der Waals surface area contributed by atoms with Crippen molar-refractivity contribution in [3.63, 3.8) is 0 Å². The summed E-state index contributed by atoms with van der Waals surface area (Å²) in [4.78, 5) is 0. The maximum absolute atomic E-state index is 9.97. The molecule has 176 valence electrons. The molecule has 0 saturated carbocycles. The SMILES string of the molecule is COc1ccc([C@@H]2C(C#N)=C(N)Oc3n[nH]c(-c4cc(OC)c(OC)c(OC)c4)c32)cc1OC. The van der Waals surface area contributed by atoms with Crippen LogP contribution in [0.5, 0.6) is 34.6 Å². The van der Waals surface area contributed by atoms with E-state index >= 15 is 0 Å². The Hall–Kier alpha value is -4.52. The first-order valence-electron chi connectivity index (χ1n) is 10.2. The van der Waals surface area contributed by atoms with Crippen LogP contribution in [0.25, 0.3) is 11.3 Å². The molecule has 2 aromatic carbocycles. The quantitative estimate of drug-likeness (QED) is 0.540. The number of hydrogen-bond donors (Lipinski definition) is 2. The van der Waals surface area contributed by atoms with Crippen LogP contribution in [0.15, 0.2) is 41.8 Å². The Morgan fingerprint density at radius 3 is 2.12 bits per heavy atom. The van der Waals surface area contributed by atoms with Crippen LogP contribution < -0.4 is 34.2 Å². The van der Waals surface area contributed by atoms with Gasteiger partial charge >= 0.3 is 0 Å². The molecule has 34 heavy (non-hydrogen) atoms. The van der Waals surface area contributed by atoms with E-state index in [-0.39, 0.29) is 17.3 Å². The molecule has 0 spiro atoms. The van der Waals surface area contributed by atoms with Crippen molar-refractivity contribution in [1.82, 2.24) is 10.2 Å². The van der Waals surface area contributed by atoms with Gasteiger partial charge in [0, 0.05) is 5.56 Å². The summed E-state index contributed by atoms with van der Waals surface area (Å²) in [5.74, 6) is 2.13. The molecule has 0 saturated heterocycles. The van der Waals surface area contributed by atoms with Crippen molar-refractivity contribution in [1.29, 1.82) is 5.26 Å². The van der Waals surface area contributed by atoms with E-state index < -0.39 is 5.92 Å². The maximum Gasteiger partial charge on any atom is 0.244 e.